The van der Waals surface area contributed by atoms with Crippen LogP contribution in [-0.2, 0) is 16.4 Å². The predicted molar refractivity (Wildman–Crippen MR) is 159 cm³/mol. The molecule has 5 rings (SSSR count). The van der Waals surface area contributed by atoms with Crippen molar-refractivity contribution in [2.24, 2.45) is 0 Å². The Morgan fingerprint density at radius 1 is 0.975 bits per heavy atom. The Bertz CT molecular complexity index is 1590. The summed E-state index contributed by atoms with van der Waals surface area (Å²) < 4.78 is 40.2. The second kappa shape index (κ2) is 11.4. The molecular formula is C29H32N4O5S2. The molecule has 2 heterocycles. The second-order valence-corrected chi connectivity index (χ2v) is 12.6. The highest BCUT2D eigenvalue weighted by Gasteiger charge is 2.31. The number of ether oxygens (including phenoxy) is 2. The molecule has 9 nitrogen and oxygen atoms in total. The number of para-hydroxylation sites is 1. The van der Waals surface area contributed by atoms with E-state index in [4.69, 9.17) is 14.5 Å². The van der Waals surface area contributed by atoms with Gasteiger partial charge in [0.2, 0.25) is 0 Å². The summed E-state index contributed by atoms with van der Waals surface area (Å²) in [6, 6.07) is 17.3. The SMILES string of the molecule is COc1ccc(OC)c2sc(N(CCCN(C)C)C(=O)c3ccc(S(=O)(=O)N4CCc5ccccc54)cc3)nc12. The van der Waals surface area contributed by atoms with Crippen molar-refractivity contribution in [2.75, 3.05) is 57.2 Å². The first-order chi connectivity index (χ1) is 19.2. The lowest BCUT2D eigenvalue weighted by atomic mass is 10.2. The lowest BCUT2D eigenvalue weighted by molar-refractivity contribution is 0.0986. The monoisotopic (exact) mass is 580 g/mol. The van der Waals surface area contributed by atoms with E-state index in [0.717, 1.165) is 23.2 Å². The summed E-state index contributed by atoms with van der Waals surface area (Å²) in [7, 11) is 3.38. The van der Waals surface area contributed by atoms with Crippen LogP contribution in [0.4, 0.5) is 10.8 Å². The first kappa shape index (κ1) is 27.9. The van der Waals surface area contributed by atoms with E-state index >= 15 is 0 Å². The summed E-state index contributed by atoms with van der Waals surface area (Å²) in [5.74, 6) is 0.988. The lowest BCUT2D eigenvalue weighted by Gasteiger charge is -2.22. The molecule has 1 aliphatic rings. The third-order valence-corrected chi connectivity index (χ3v) is 9.82. The minimum Gasteiger partial charge on any atom is -0.495 e. The number of aromatic nitrogens is 1. The molecule has 11 heteroatoms. The van der Waals surface area contributed by atoms with E-state index in [2.05, 4.69) is 4.90 Å². The van der Waals surface area contributed by atoms with Gasteiger partial charge in [-0.25, -0.2) is 13.4 Å². The Hall–Kier alpha value is -3.67. The standard InChI is InChI=1S/C29H32N4O5S2/c1-31(2)17-7-18-32(29-30-26-24(37-3)14-15-25(38-4)27(26)39-29)28(34)21-10-12-22(13-11-21)40(35,36)33-19-16-20-8-5-6-9-23(20)33/h5-6,8-15H,7,16-19H2,1-4H3. The number of thiazole rings is 1. The highest BCUT2D eigenvalue weighted by atomic mass is 32.2. The summed E-state index contributed by atoms with van der Waals surface area (Å²) >= 11 is 1.36. The van der Waals surface area contributed by atoms with Crippen LogP contribution in [-0.4, -0.2) is 72.2 Å². The molecule has 210 valence electrons. The highest BCUT2D eigenvalue weighted by Crippen LogP contribution is 2.40. The third-order valence-electron chi connectivity index (χ3n) is 6.90. The van der Waals surface area contributed by atoms with Crippen LogP contribution in [0.1, 0.15) is 22.3 Å². The number of hydrogen-bond acceptors (Lipinski definition) is 8. The van der Waals surface area contributed by atoms with Crippen molar-refractivity contribution >= 4 is 48.3 Å². The van der Waals surface area contributed by atoms with Gasteiger partial charge in [-0.15, -0.1) is 0 Å². The molecule has 0 radical (unpaired) electrons. The van der Waals surface area contributed by atoms with Crippen molar-refractivity contribution in [3.8, 4) is 11.5 Å². The molecular weight excluding hydrogens is 548 g/mol. The Morgan fingerprint density at radius 3 is 2.38 bits per heavy atom. The lowest BCUT2D eigenvalue weighted by Crippen LogP contribution is -2.33. The van der Waals surface area contributed by atoms with E-state index in [-0.39, 0.29) is 10.8 Å². The first-order valence-electron chi connectivity index (χ1n) is 12.9. The molecule has 0 saturated heterocycles. The van der Waals surface area contributed by atoms with Gasteiger partial charge in [0.15, 0.2) is 5.13 Å². The molecule has 40 heavy (non-hydrogen) atoms. The predicted octanol–water partition coefficient (Wildman–Crippen LogP) is 4.66. The largest absolute Gasteiger partial charge is 0.495 e. The number of anilines is 2. The smallest absolute Gasteiger partial charge is 0.264 e. The van der Waals surface area contributed by atoms with E-state index in [9.17, 15) is 13.2 Å². The maximum atomic E-state index is 13.8. The zero-order valence-corrected chi connectivity index (χ0v) is 24.6. The van der Waals surface area contributed by atoms with Crippen molar-refractivity contribution in [3.63, 3.8) is 0 Å². The minimum atomic E-state index is -3.76. The fraction of sp³-hybridized carbons (Fsp3) is 0.310. The van der Waals surface area contributed by atoms with Crippen molar-refractivity contribution in [3.05, 3.63) is 71.8 Å². The number of carbonyl (C=O) groups is 1. The first-order valence-corrected chi connectivity index (χ1v) is 15.2. The number of benzene rings is 3. The molecule has 1 aliphatic heterocycles. The molecule has 1 amide bonds. The molecule has 0 saturated carbocycles. The summed E-state index contributed by atoms with van der Waals surface area (Å²) in [5.41, 5.74) is 2.72. The van der Waals surface area contributed by atoms with Crippen LogP contribution < -0.4 is 18.7 Å². The van der Waals surface area contributed by atoms with E-state index in [0.29, 0.717) is 52.9 Å². The second-order valence-electron chi connectivity index (χ2n) is 9.74. The number of rotatable bonds is 10. The van der Waals surface area contributed by atoms with Crippen LogP contribution in [0, 0.1) is 0 Å². The third kappa shape index (κ3) is 5.24. The van der Waals surface area contributed by atoms with Crippen LogP contribution in [0.5, 0.6) is 11.5 Å². The molecule has 0 bridgehead atoms. The Balaban J connectivity index is 1.46. The summed E-state index contributed by atoms with van der Waals surface area (Å²) in [4.78, 5) is 22.5. The van der Waals surface area contributed by atoms with Gasteiger partial charge < -0.3 is 14.4 Å². The minimum absolute atomic E-state index is 0.148. The van der Waals surface area contributed by atoms with Gasteiger partial charge in [0, 0.05) is 18.7 Å². The zero-order chi connectivity index (χ0) is 28.4. The number of nitrogens with zero attached hydrogens (tertiary/aromatic N) is 4. The maximum absolute atomic E-state index is 13.8. The van der Waals surface area contributed by atoms with Gasteiger partial charge in [-0.2, -0.15) is 0 Å². The van der Waals surface area contributed by atoms with Gasteiger partial charge >= 0.3 is 0 Å². The normalized spacial score (nSPS) is 13.1. The van der Waals surface area contributed by atoms with E-state index in [1.165, 1.54) is 27.8 Å². The van der Waals surface area contributed by atoms with Crippen LogP contribution in [0.3, 0.4) is 0 Å². The maximum Gasteiger partial charge on any atom is 0.264 e. The fourth-order valence-corrected chi connectivity index (χ4v) is 7.43. The van der Waals surface area contributed by atoms with E-state index in [1.807, 2.05) is 44.4 Å². The molecule has 0 atom stereocenters. The summed E-state index contributed by atoms with van der Waals surface area (Å²) in [5, 5.41) is 0.520. The summed E-state index contributed by atoms with van der Waals surface area (Å²) in [6.45, 7) is 1.62. The number of methoxy groups -OCH3 is 2. The van der Waals surface area contributed by atoms with E-state index < -0.39 is 10.0 Å². The quantitative estimate of drug-likeness (QED) is 0.269. The Kier molecular flexibility index (Phi) is 7.97. The summed E-state index contributed by atoms with van der Waals surface area (Å²) in [6.07, 6.45) is 1.40. The fourth-order valence-electron chi connectivity index (χ4n) is 4.83. The topological polar surface area (TPSA) is 92.3 Å². The van der Waals surface area contributed by atoms with Gasteiger partial charge in [0.25, 0.3) is 15.9 Å². The number of sulfonamides is 1. The van der Waals surface area contributed by atoms with Crippen molar-refractivity contribution in [2.45, 2.75) is 17.7 Å². The molecule has 0 unspecified atom stereocenters. The molecule has 3 aromatic carbocycles. The number of amides is 1. The number of hydrogen-bond donors (Lipinski definition) is 0. The number of carbonyl (C=O) groups excluding carboxylic acids is 1. The van der Waals surface area contributed by atoms with Crippen molar-refractivity contribution in [1.82, 2.24) is 9.88 Å². The van der Waals surface area contributed by atoms with Crippen molar-refractivity contribution < 1.29 is 22.7 Å². The Labute approximate surface area is 238 Å². The van der Waals surface area contributed by atoms with E-state index in [1.54, 1.807) is 37.3 Å². The van der Waals surface area contributed by atoms with Gasteiger partial charge in [0.05, 0.1) is 24.8 Å². The average Bonchev–Trinajstić information content (AvgIpc) is 3.60. The molecule has 4 aromatic rings. The Morgan fingerprint density at radius 2 is 1.68 bits per heavy atom. The van der Waals surface area contributed by atoms with Crippen LogP contribution in [0.25, 0.3) is 10.2 Å². The van der Waals surface area contributed by atoms with Gasteiger partial charge in [0.1, 0.15) is 21.7 Å². The molecule has 1 aromatic heterocycles. The molecule has 0 spiro atoms. The highest BCUT2D eigenvalue weighted by molar-refractivity contribution is 7.92. The van der Waals surface area contributed by atoms with Gasteiger partial charge in [-0.1, -0.05) is 29.5 Å². The van der Waals surface area contributed by atoms with Crippen LogP contribution in [0.2, 0.25) is 0 Å². The average molecular weight is 581 g/mol. The molecule has 0 fully saturated rings. The zero-order valence-electron chi connectivity index (χ0n) is 23.0. The van der Waals surface area contributed by atoms with Gasteiger partial charge in [-0.3, -0.25) is 14.0 Å². The van der Waals surface area contributed by atoms with Crippen LogP contribution in [0.15, 0.2) is 65.6 Å². The van der Waals surface area contributed by atoms with Gasteiger partial charge in [-0.05, 0) is 81.5 Å². The molecule has 0 aliphatic carbocycles. The number of fused-ring (bicyclic) bond motifs is 2. The van der Waals surface area contributed by atoms with Crippen LogP contribution >= 0.6 is 11.3 Å². The molecule has 0 N–H and O–H groups in total. The van der Waals surface area contributed by atoms with Crippen molar-refractivity contribution in [1.29, 1.82) is 0 Å².